The fourth-order valence-corrected chi connectivity index (χ4v) is 3.41. The highest BCUT2D eigenvalue weighted by molar-refractivity contribution is 7.13. The zero-order chi connectivity index (χ0) is 18.4. The number of amides is 1. The first-order valence-corrected chi connectivity index (χ1v) is 9.00. The lowest BCUT2D eigenvalue weighted by Crippen LogP contribution is -2.14. The predicted molar refractivity (Wildman–Crippen MR) is 102 cm³/mol. The third-order valence-electron chi connectivity index (χ3n) is 3.44. The smallest absolute Gasteiger partial charge is 0.230 e. The van der Waals surface area contributed by atoms with Crippen molar-refractivity contribution in [1.29, 1.82) is 5.26 Å². The summed E-state index contributed by atoms with van der Waals surface area (Å²) in [4.78, 5) is 16.7. The van der Waals surface area contributed by atoms with Crippen molar-refractivity contribution in [2.24, 2.45) is 0 Å². The van der Waals surface area contributed by atoms with Gasteiger partial charge in [-0.1, -0.05) is 29.8 Å². The van der Waals surface area contributed by atoms with Gasteiger partial charge in [0.05, 0.1) is 17.1 Å². The second-order valence-electron chi connectivity index (χ2n) is 5.32. The first kappa shape index (κ1) is 17.9. The molecule has 0 aliphatic carbocycles. The van der Waals surface area contributed by atoms with Crippen molar-refractivity contribution in [3.8, 4) is 22.4 Å². The van der Waals surface area contributed by atoms with Crippen LogP contribution in [0.1, 0.15) is 5.69 Å². The molecule has 1 aromatic heterocycles. The van der Waals surface area contributed by atoms with Crippen LogP contribution in [-0.2, 0) is 11.2 Å². The van der Waals surface area contributed by atoms with Crippen molar-refractivity contribution >= 4 is 34.5 Å². The molecular weight excluding hydrogens is 370 g/mol. The fraction of sp³-hybridized carbons (Fsp3) is 0.105. The maximum Gasteiger partial charge on any atom is 0.230 e. The predicted octanol–water partition coefficient (Wildman–Crippen LogP) is 4.55. The Morgan fingerprint density at radius 2 is 2.00 bits per heavy atom. The normalized spacial score (nSPS) is 10.2. The van der Waals surface area contributed by atoms with Crippen LogP contribution >= 0.6 is 22.9 Å². The number of anilines is 1. The van der Waals surface area contributed by atoms with Crippen LogP contribution in [0.3, 0.4) is 0 Å². The molecule has 0 saturated heterocycles. The van der Waals surface area contributed by atoms with Crippen LogP contribution in [0.15, 0.2) is 53.9 Å². The van der Waals surface area contributed by atoms with Gasteiger partial charge in [-0.2, -0.15) is 5.26 Å². The summed E-state index contributed by atoms with van der Waals surface area (Å²) in [7, 11) is 0. The van der Waals surface area contributed by atoms with E-state index in [1.54, 1.807) is 24.3 Å². The quantitative estimate of drug-likeness (QED) is 0.677. The molecule has 7 heteroatoms. The fourth-order valence-electron chi connectivity index (χ4n) is 2.27. The number of halogens is 1. The minimum atomic E-state index is -0.160. The van der Waals surface area contributed by atoms with E-state index in [2.05, 4.69) is 10.3 Å². The summed E-state index contributed by atoms with van der Waals surface area (Å²) in [5.74, 6) is 0.417. The summed E-state index contributed by atoms with van der Waals surface area (Å²) in [6.07, 6.45) is 0.174. The molecular formula is C19H14ClN3O2S. The van der Waals surface area contributed by atoms with E-state index in [0.717, 1.165) is 10.6 Å². The second kappa shape index (κ2) is 8.48. The van der Waals surface area contributed by atoms with Crippen molar-refractivity contribution < 1.29 is 9.53 Å². The number of ether oxygens (including phenoxy) is 1. The molecule has 0 aliphatic heterocycles. The lowest BCUT2D eigenvalue weighted by atomic mass is 10.2. The number of carbonyl (C=O) groups is 1. The highest BCUT2D eigenvalue weighted by atomic mass is 35.5. The molecule has 130 valence electrons. The summed E-state index contributed by atoms with van der Waals surface area (Å²) in [5.41, 5.74) is 2.20. The largest absolute Gasteiger partial charge is 0.479 e. The molecule has 0 fully saturated rings. The van der Waals surface area contributed by atoms with Gasteiger partial charge >= 0.3 is 0 Å². The van der Waals surface area contributed by atoms with Crippen LogP contribution < -0.4 is 10.1 Å². The summed E-state index contributed by atoms with van der Waals surface area (Å²) in [6, 6.07) is 16.2. The van der Waals surface area contributed by atoms with Crippen LogP contribution in [0.25, 0.3) is 10.6 Å². The van der Waals surface area contributed by atoms with Crippen LogP contribution in [0.5, 0.6) is 5.75 Å². The summed E-state index contributed by atoms with van der Waals surface area (Å²) < 4.78 is 5.17. The summed E-state index contributed by atoms with van der Waals surface area (Å²) in [6.45, 7) is -0.0106. The number of nitriles is 1. The SMILES string of the molecule is N#CCOc1ccc(NC(=O)Cc2csc(-c3ccccc3Cl)n2)cc1. The third kappa shape index (κ3) is 4.60. The Balaban J connectivity index is 1.60. The highest BCUT2D eigenvalue weighted by Gasteiger charge is 2.11. The zero-order valence-electron chi connectivity index (χ0n) is 13.6. The summed E-state index contributed by atoms with van der Waals surface area (Å²) >= 11 is 7.64. The van der Waals surface area contributed by atoms with Gasteiger partial charge in [0, 0.05) is 16.6 Å². The monoisotopic (exact) mass is 383 g/mol. The number of hydrogen-bond donors (Lipinski definition) is 1. The van der Waals surface area contributed by atoms with Crippen molar-refractivity contribution in [2.75, 3.05) is 11.9 Å². The maximum atomic E-state index is 12.2. The van der Waals surface area contributed by atoms with E-state index >= 15 is 0 Å². The average molecular weight is 384 g/mol. The molecule has 0 spiro atoms. The van der Waals surface area contributed by atoms with Gasteiger partial charge in [0.2, 0.25) is 5.91 Å². The molecule has 0 bridgehead atoms. The van der Waals surface area contributed by atoms with Crippen LogP contribution in [-0.4, -0.2) is 17.5 Å². The van der Waals surface area contributed by atoms with Crippen LogP contribution in [0, 0.1) is 11.3 Å². The van der Waals surface area contributed by atoms with Gasteiger partial charge < -0.3 is 10.1 Å². The third-order valence-corrected chi connectivity index (χ3v) is 4.69. The van der Waals surface area contributed by atoms with E-state index in [9.17, 15) is 4.79 Å². The molecule has 0 radical (unpaired) electrons. The number of thiazole rings is 1. The number of rotatable bonds is 6. The average Bonchev–Trinajstić information content (AvgIpc) is 3.09. The number of nitrogens with one attached hydrogen (secondary N) is 1. The zero-order valence-corrected chi connectivity index (χ0v) is 15.2. The number of nitrogens with zero attached hydrogens (tertiary/aromatic N) is 2. The number of carbonyl (C=O) groups excluding carboxylic acids is 1. The Hall–Kier alpha value is -2.88. The van der Waals surface area contributed by atoms with Gasteiger partial charge in [0.25, 0.3) is 0 Å². The Kier molecular flexibility index (Phi) is 5.84. The lowest BCUT2D eigenvalue weighted by molar-refractivity contribution is -0.115. The molecule has 0 saturated carbocycles. The Labute approximate surface area is 159 Å². The van der Waals surface area contributed by atoms with Gasteiger partial charge in [0.1, 0.15) is 16.8 Å². The van der Waals surface area contributed by atoms with E-state index < -0.39 is 0 Å². The Bertz CT molecular complexity index is 948. The van der Waals surface area contributed by atoms with Crippen molar-refractivity contribution in [1.82, 2.24) is 4.98 Å². The minimum absolute atomic E-state index is 0.0106. The van der Waals surface area contributed by atoms with Gasteiger partial charge in [-0.25, -0.2) is 4.98 Å². The first-order chi connectivity index (χ1) is 12.7. The van der Waals surface area contributed by atoms with Crippen LogP contribution in [0.2, 0.25) is 5.02 Å². The van der Waals surface area contributed by atoms with Crippen molar-refractivity contribution in [3.63, 3.8) is 0 Å². The number of benzene rings is 2. The second-order valence-corrected chi connectivity index (χ2v) is 6.59. The molecule has 3 rings (SSSR count). The summed E-state index contributed by atoms with van der Waals surface area (Å²) in [5, 5.41) is 14.6. The first-order valence-electron chi connectivity index (χ1n) is 7.74. The molecule has 0 atom stereocenters. The topological polar surface area (TPSA) is 75.0 Å². The number of hydrogen-bond acceptors (Lipinski definition) is 5. The van der Waals surface area contributed by atoms with Crippen molar-refractivity contribution in [2.45, 2.75) is 6.42 Å². The van der Waals surface area contributed by atoms with E-state index in [-0.39, 0.29) is 18.9 Å². The highest BCUT2D eigenvalue weighted by Crippen LogP contribution is 2.30. The molecule has 1 amide bonds. The Morgan fingerprint density at radius 3 is 2.73 bits per heavy atom. The van der Waals surface area contributed by atoms with Crippen molar-refractivity contribution in [3.05, 3.63) is 64.6 Å². The van der Waals surface area contributed by atoms with Gasteiger partial charge in [-0.15, -0.1) is 11.3 Å². The van der Waals surface area contributed by atoms with E-state index in [0.29, 0.717) is 22.2 Å². The number of aromatic nitrogens is 1. The lowest BCUT2D eigenvalue weighted by Gasteiger charge is -2.06. The maximum absolute atomic E-state index is 12.2. The van der Waals surface area contributed by atoms with Gasteiger partial charge in [-0.3, -0.25) is 4.79 Å². The molecule has 3 aromatic rings. The van der Waals surface area contributed by atoms with Gasteiger partial charge in [0.15, 0.2) is 6.61 Å². The molecule has 5 nitrogen and oxygen atoms in total. The van der Waals surface area contributed by atoms with E-state index in [4.69, 9.17) is 21.6 Å². The van der Waals surface area contributed by atoms with E-state index in [1.165, 1.54) is 11.3 Å². The van der Waals surface area contributed by atoms with E-state index in [1.807, 2.05) is 35.7 Å². The van der Waals surface area contributed by atoms with Gasteiger partial charge in [-0.05, 0) is 30.3 Å². The molecule has 1 N–H and O–H groups in total. The minimum Gasteiger partial charge on any atom is -0.479 e. The molecule has 2 aromatic carbocycles. The van der Waals surface area contributed by atoms with Crippen LogP contribution in [0.4, 0.5) is 5.69 Å². The molecule has 26 heavy (non-hydrogen) atoms. The molecule has 1 heterocycles. The standard InChI is InChI=1S/C19H14ClN3O2S/c20-17-4-2-1-3-16(17)19-23-14(12-26-19)11-18(24)22-13-5-7-15(8-6-13)25-10-9-21/h1-8,12H,10-11H2,(H,22,24). The molecule has 0 unspecified atom stereocenters. The molecule has 0 aliphatic rings. The Morgan fingerprint density at radius 1 is 1.23 bits per heavy atom.